The van der Waals surface area contributed by atoms with Gasteiger partial charge in [-0.1, -0.05) is 15.9 Å². The van der Waals surface area contributed by atoms with Gasteiger partial charge >= 0.3 is 12.0 Å². The van der Waals surface area contributed by atoms with Crippen molar-refractivity contribution in [2.75, 3.05) is 30.9 Å². The SMILES string of the molecule is O=C(COC(=O)CSc1ccc(Br)cc1)NC(=O)Nc1ccc2c(c1)OCCO2. The second-order valence-corrected chi connectivity index (χ2v) is 7.73. The Hall–Kier alpha value is -2.72. The van der Waals surface area contributed by atoms with E-state index in [1.54, 1.807) is 18.2 Å². The summed E-state index contributed by atoms with van der Waals surface area (Å²) in [4.78, 5) is 36.3. The lowest BCUT2D eigenvalue weighted by Gasteiger charge is -2.19. The number of imide groups is 1. The topological polar surface area (TPSA) is 103 Å². The standard InChI is InChI=1S/C19H17BrN2O6S/c20-12-1-4-14(5-2-12)29-11-18(24)28-10-17(23)22-19(25)21-13-3-6-15-16(9-13)27-8-7-26-15/h1-6,9H,7-8,10-11H2,(H2,21,22,23,25). The molecule has 2 N–H and O–H groups in total. The van der Waals surface area contributed by atoms with E-state index in [1.165, 1.54) is 11.8 Å². The second kappa shape index (κ2) is 10.2. The van der Waals surface area contributed by atoms with Gasteiger partial charge in [0.25, 0.3) is 5.91 Å². The van der Waals surface area contributed by atoms with Crippen LogP contribution in [0.1, 0.15) is 0 Å². The number of carbonyl (C=O) groups excluding carboxylic acids is 3. The monoisotopic (exact) mass is 480 g/mol. The minimum atomic E-state index is -0.744. The molecule has 0 saturated carbocycles. The van der Waals surface area contributed by atoms with Crippen LogP contribution < -0.4 is 20.1 Å². The van der Waals surface area contributed by atoms with Crippen LogP contribution in [0.5, 0.6) is 11.5 Å². The molecular weight excluding hydrogens is 464 g/mol. The maximum Gasteiger partial charge on any atom is 0.325 e. The van der Waals surface area contributed by atoms with E-state index in [0.29, 0.717) is 30.4 Å². The largest absolute Gasteiger partial charge is 0.486 e. The van der Waals surface area contributed by atoms with Crippen molar-refractivity contribution in [3.8, 4) is 11.5 Å². The Morgan fingerprint density at radius 1 is 1.03 bits per heavy atom. The van der Waals surface area contributed by atoms with E-state index in [1.807, 2.05) is 24.3 Å². The number of carbonyl (C=O) groups is 3. The number of esters is 1. The molecule has 3 amide bonds. The van der Waals surface area contributed by atoms with Crippen LogP contribution in [0.4, 0.5) is 10.5 Å². The first-order valence-electron chi connectivity index (χ1n) is 8.54. The van der Waals surface area contributed by atoms with Gasteiger partial charge in [0, 0.05) is 21.1 Å². The number of amides is 3. The van der Waals surface area contributed by atoms with Crippen LogP contribution >= 0.6 is 27.7 Å². The van der Waals surface area contributed by atoms with E-state index in [2.05, 4.69) is 26.6 Å². The molecule has 0 aromatic heterocycles. The molecule has 0 bridgehead atoms. The van der Waals surface area contributed by atoms with Crippen molar-refractivity contribution < 1.29 is 28.6 Å². The molecule has 29 heavy (non-hydrogen) atoms. The zero-order valence-electron chi connectivity index (χ0n) is 15.1. The minimum absolute atomic E-state index is 0.0539. The van der Waals surface area contributed by atoms with E-state index in [-0.39, 0.29) is 5.75 Å². The first kappa shape index (κ1) is 21.0. The second-order valence-electron chi connectivity index (χ2n) is 5.76. The smallest absolute Gasteiger partial charge is 0.325 e. The number of nitrogens with one attached hydrogen (secondary N) is 2. The third kappa shape index (κ3) is 6.68. The molecule has 0 atom stereocenters. The van der Waals surface area contributed by atoms with Crippen molar-refractivity contribution in [2.24, 2.45) is 0 Å². The lowest BCUT2D eigenvalue weighted by atomic mass is 10.2. The Kier molecular flexibility index (Phi) is 7.36. The number of rotatable bonds is 6. The molecule has 1 aliphatic heterocycles. The summed E-state index contributed by atoms with van der Waals surface area (Å²) >= 11 is 4.62. The summed E-state index contributed by atoms with van der Waals surface area (Å²) in [5, 5.41) is 4.60. The van der Waals surface area contributed by atoms with Crippen molar-refractivity contribution in [3.63, 3.8) is 0 Å². The first-order chi connectivity index (χ1) is 14.0. The summed E-state index contributed by atoms with van der Waals surface area (Å²) in [6.07, 6.45) is 0. The average molecular weight is 481 g/mol. The molecule has 2 aromatic carbocycles. The predicted octanol–water partition coefficient (Wildman–Crippen LogP) is 3.20. The molecule has 0 radical (unpaired) electrons. The fraction of sp³-hybridized carbons (Fsp3) is 0.211. The van der Waals surface area contributed by atoms with Crippen LogP contribution in [0.15, 0.2) is 51.8 Å². The predicted molar refractivity (Wildman–Crippen MR) is 110 cm³/mol. The van der Waals surface area contributed by atoms with Gasteiger partial charge in [-0.25, -0.2) is 4.79 Å². The minimum Gasteiger partial charge on any atom is -0.486 e. The summed E-state index contributed by atoms with van der Waals surface area (Å²) in [7, 11) is 0. The third-order valence-corrected chi connectivity index (χ3v) is 5.10. The number of ether oxygens (including phenoxy) is 3. The maximum atomic E-state index is 11.9. The summed E-state index contributed by atoms with van der Waals surface area (Å²) in [6, 6.07) is 11.6. The molecular formula is C19H17BrN2O6S. The highest BCUT2D eigenvalue weighted by Crippen LogP contribution is 2.32. The maximum absolute atomic E-state index is 11.9. The molecule has 152 valence electrons. The number of urea groups is 1. The zero-order chi connectivity index (χ0) is 20.6. The van der Waals surface area contributed by atoms with Crippen molar-refractivity contribution in [1.82, 2.24) is 5.32 Å². The van der Waals surface area contributed by atoms with Gasteiger partial charge in [-0.15, -0.1) is 11.8 Å². The highest BCUT2D eigenvalue weighted by molar-refractivity contribution is 9.10. The molecule has 0 spiro atoms. The van der Waals surface area contributed by atoms with Crippen LogP contribution in [-0.4, -0.2) is 43.5 Å². The summed E-state index contributed by atoms with van der Waals surface area (Å²) < 4.78 is 16.6. The number of hydrogen-bond donors (Lipinski definition) is 2. The number of benzene rings is 2. The summed E-state index contributed by atoms with van der Waals surface area (Å²) in [5.41, 5.74) is 0.433. The van der Waals surface area contributed by atoms with Crippen molar-refractivity contribution in [3.05, 3.63) is 46.9 Å². The van der Waals surface area contributed by atoms with Crippen molar-refractivity contribution in [2.45, 2.75) is 4.90 Å². The van der Waals surface area contributed by atoms with E-state index < -0.39 is 24.5 Å². The molecule has 1 heterocycles. The normalized spacial score (nSPS) is 12.0. The van der Waals surface area contributed by atoms with Crippen LogP contribution in [0.25, 0.3) is 0 Å². The van der Waals surface area contributed by atoms with E-state index >= 15 is 0 Å². The van der Waals surface area contributed by atoms with Gasteiger partial charge in [0.1, 0.15) is 13.2 Å². The van der Waals surface area contributed by atoms with E-state index in [0.717, 1.165) is 9.37 Å². The highest BCUT2D eigenvalue weighted by atomic mass is 79.9. The number of anilines is 1. The molecule has 10 heteroatoms. The number of halogens is 1. The van der Waals surface area contributed by atoms with Crippen LogP contribution in [0.3, 0.4) is 0 Å². The van der Waals surface area contributed by atoms with Gasteiger partial charge in [-0.2, -0.15) is 0 Å². The first-order valence-corrected chi connectivity index (χ1v) is 10.3. The van der Waals surface area contributed by atoms with Gasteiger partial charge in [0.2, 0.25) is 0 Å². The molecule has 1 aliphatic rings. The Morgan fingerprint density at radius 3 is 2.52 bits per heavy atom. The summed E-state index contributed by atoms with van der Waals surface area (Å²) in [5.74, 6) is -0.135. The molecule has 3 rings (SSSR count). The Bertz CT molecular complexity index is 906. The van der Waals surface area contributed by atoms with Crippen LogP contribution in [0.2, 0.25) is 0 Å². The van der Waals surface area contributed by atoms with Gasteiger partial charge in [-0.05, 0) is 36.4 Å². The number of thioether (sulfide) groups is 1. The zero-order valence-corrected chi connectivity index (χ0v) is 17.5. The average Bonchev–Trinajstić information content (AvgIpc) is 2.71. The highest BCUT2D eigenvalue weighted by Gasteiger charge is 2.15. The quantitative estimate of drug-likeness (QED) is 0.483. The Labute approximate surface area is 179 Å². The fourth-order valence-electron chi connectivity index (χ4n) is 2.31. The molecule has 0 fully saturated rings. The van der Waals surface area contributed by atoms with E-state index in [9.17, 15) is 14.4 Å². The van der Waals surface area contributed by atoms with Crippen molar-refractivity contribution in [1.29, 1.82) is 0 Å². The Morgan fingerprint density at radius 2 is 1.76 bits per heavy atom. The van der Waals surface area contributed by atoms with Crippen LogP contribution in [-0.2, 0) is 14.3 Å². The molecule has 8 nitrogen and oxygen atoms in total. The lowest BCUT2D eigenvalue weighted by molar-refractivity contribution is -0.145. The Balaban J connectivity index is 1.38. The van der Waals surface area contributed by atoms with Crippen molar-refractivity contribution >= 4 is 51.3 Å². The fourth-order valence-corrected chi connectivity index (χ4v) is 3.27. The van der Waals surface area contributed by atoms with Gasteiger partial charge in [0.15, 0.2) is 18.1 Å². The van der Waals surface area contributed by atoms with E-state index in [4.69, 9.17) is 14.2 Å². The van der Waals surface area contributed by atoms with Gasteiger partial charge in [-0.3, -0.25) is 14.9 Å². The third-order valence-electron chi connectivity index (χ3n) is 3.59. The number of fused-ring (bicyclic) bond motifs is 1. The van der Waals surface area contributed by atoms with Gasteiger partial charge in [0.05, 0.1) is 5.75 Å². The lowest BCUT2D eigenvalue weighted by Crippen LogP contribution is -2.37. The molecule has 0 unspecified atom stereocenters. The molecule has 0 aliphatic carbocycles. The molecule has 2 aromatic rings. The van der Waals surface area contributed by atoms with Gasteiger partial charge < -0.3 is 19.5 Å². The molecule has 0 saturated heterocycles. The summed E-state index contributed by atoms with van der Waals surface area (Å²) in [6.45, 7) is 0.343. The number of hydrogen-bond acceptors (Lipinski definition) is 7. The van der Waals surface area contributed by atoms with Crippen LogP contribution in [0, 0.1) is 0 Å².